The number of benzene rings is 2. The summed E-state index contributed by atoms with van der Waals surface area (Å²) in [5, 5.41) is 12.2. The molecule has 0 aliphatic heterocycles. The van der Waals surface area contributed by atoms with E-state index in [9.17, 15) is 0 Å². The zero-order valence-electron chi connectivity index (χ0n) is 10.7. The van der Waals surface area contributed by atoms with E-state index in [1.807, 2.05) is 24.3 Å². The zero-order chi connectivity index (χ0) is 13.7. The minimum atomic E-state index is 0.295. The minimum absolute atomic E-state index is 0.295. The van der Waals surface area contributed by atoms with Crippen LogP contribution in [0.25, 0.3) is 0 Å². The molecule has 96 valence electrons. The van der Waals surface area contributed by atoms with Gasteiger partial charge in [-0.25, -0.2) is 0 Å². The zero-order valence-corrected chi connectivity index (χ0v) is 12.3. The Morgan fingerprint density at radius 1 is 1.11 bits per heavy atom. The van der Waals surface area contributed by atoms with E-state index in [0.29, 0.717) is 11.6 Å². The van der Waals surface area contributed by atoms with E-state index >= 15 is 0 Å². The second kappa shape index (κ2) is 6.51. The Kier molecular flexibility index (Phi) is 4.73. The third-order valence-corrected chi connectivity index (χ3v) is 3.59. The molecule has 0 saturated heterocycles. The maximum atomic E-state index is 8.75. The first-order chi connectivity index (χ1) is 9.19. The van der Waals surface area contributed by atoms with Gasteiger partial charge in [0.25, 0.3) is 0 Å². The van der Waals surface area contributed by atoms with E-state index in [1.54, 1.807) is 0 Å². The molecule has 2 aromatic rings. The largest absolute Gasteiger partial charge is 0.306 e. The summed E-state index contributed by atoms with van der Waals surface area (Å²) in [6.45, 7) is 2.94. The quantitative estimate of drug-likeness (QED) is 0.919. The van der Waals surface area contributed by atoms with Crippen LogP contribution in [0.15, 0.2) is 53.0 Å². The van der Waals surface area contributed by atoms with Gasteiger partial charge in [-0.05, 0) is 42.3 Å². The number of rotatable bonds is 4. The van der Waals surface area contributed by atoms with Gasteiger partial charge in [-0.1, -0.05) is 40.2 Å². The van der Waals surface area contributed by atoms with Gasteiger partial charge in [0.2, 0.25) is 0 Å². The lowest BCUT2D eigenvalue weighted by Crippen LogP contribution is -2.17. The van der Waals surface area contributed by atoms with Crippen molar-refractivity contribution in [1.29, 1.82) is 5.26 Å². The number of hydrogen-bond acceptors (Lipinski definition) is 2. The molecule has 0 spiro atoms. The Hall–Kier alpha value is -1.63. The predicted octanol–water partition coefficient (Wildman–Crippen LogP) is 4.17. The second-order valence-corrected chi connectivity index (χ2v) is 5.38. The molecule has 0 aromatic heterocycles. The minimum Gasteiger partial charge on any atom is -0.306 e. The molecule has 0 radical (unpaired) electrons. The van der Waals surface area contributed by atoms with E-state index in [0.717, 1.165) is 11.0 Å². The summed E-state index contributed by atoms with van der Waals surface area (Å²) in [5.41, 5.74) is 3.14. The van der Waals surface area contributed by atoms with Gasteiger partial charge >= 0.3 is 0 Å². The molecule has 0 aliphatic carbocycles. The smallest absolute Gasteiger partial charge is 0.0991 e. The third kappa shape index (κ3) is 3.92. The third-order valence-electron chi connectivity index (χ3n) is 3.07. The van der Waals surface area contributed by atoms with Gasteiger partial charge < -0.3 is 5.32 Å². The molecule has 0 aliphatic rings. The number of nitrogens with one attached hydrogen (secondary N) is 1. The molecular weight excluding hydrogens is 300 g/mol. The van der Waals surface area contributed by atoms with Gasteiger partial charge in [0.1, 0.15) is 0 Å². The maximum absolute atomic E-state index is 8.75. The van der Waals surface area contributed by atoms with Crippen molar-refractivity contribution in [3.05, 3.63) is 69.7 Å². The first kappa shape index (κ1) is 13.8. The highest BCUT2D eigenvalue weighted by Gasteiger charge is 2.04. The van der Waals surface area contributed by atoms with E-state index in [4.69, 9.17) is 5.26 Å². The fourth-order valence-electron chi connectivity index (χ4n) is 1.84. The SMILES string of the molecule is C[C@H](NCc1ccc(C#N)cc1)c1ccc(Br)cc1. The van der Waals surface area contributed by atoms with Crippen LogP contribution in [0.2, 0.25) is 0 Å². The van der Waals surface area contributed by atoms with Gasteiger partial charge in [-0.15, -0.1) is 0 Å². The van der Waals surface area contributed by atoms with E-state index in [2.05, 4.69) is 58.5 Å². The summed E-state index contributed by atoms with van der Waals surface area (Å²) >= 11 is 3.44. The molecule has 0 saturated carbocycles. The lowest BCUT2D eigenvalue weighted by molar-refractivity contribution is 0.574. The van der Waals surface area contributed by atoms with Crippen molar-refractivity contribution in [3.8, 4) is 6.07 Å². The number of nitrogens with zero attached hydrogens (tertiary/aromatic N) is 1. The Labute approximate surface area is 122 Å². The summed E-state index contributed by atoms with van der Waals surface area (Å²) in [4.78, 5) is 0. The Morgan fingerprint density at radius 2 is 1.74 bits per heavy atom. The van der Waals surface area contributed by atoms with Crippen molar-refractivity contribution in [1.82, 2.24) is 5.32 Å². The van der Waals surface area contributed by atoms with Crippen LogP contribution in [-0.2, 0) is 6.54 Å². The summed E-state index contributed by atoms with van der Waals surface area (Å²) in [6.07, 6.45) is 0. The lowest BCUT2D eigenvalue weighted by atomic mass is 10.1. The fourth-order valence-corrected chi connectivity index (χ4v) is 2.10. The fraction of sp³-hybridized carbons (Fsp3) is 0.188. The lowest BCUT2D eigenvalue weighted by Gasteiger charge is -2.14. The van der Waals surface area contributed by atoms with Crippen LogP contribution in [0.4, 0.5) is 0 Å². The van der Waals surface area contributed by atoms with Gasteiger partial charge in [0.05, 0.1) is 11.6 Å². The average molecular weight is 315 g/mol. The summed E-state index contributed by atoms with van der Waals surface area (Å²) in [7, 11) is 0. The summed E-state index contributed by atoms with van der Waals surface area (Å²) in [5.74, 6) is 0. The van der Waals surface area contributed by atoms with Gasteiger partial charge in [-0.3, -0.25) is 0 Å². The molecule has 0 heterocycles. The van der Waals surface area contributed by atoms with Crippen LogP contribution in [0, 0.1) is 11.3 Å². The Morgan fingerprint density at radius 3 is 2.32 bits per heavy atom. The molecule has 3 heteroatoms. The van der Waals surface area contributed by atoms with Crippen LogP contribution < -0.4 is 5.32 Å². The standard InChI is InChI=1S/C16H15BrN2/c1-12(15-6-8-16(17)9-7-15)19-11-14-4-2-13(10-18)3-5-14/h2-9,12,19H,11H2,1H3/t12-/m0/s1. The molecule has 2 nitrogen and oxygen atoms in total. The molecule has 19 heavy (non-hydrogen) atoms. The molecule has 1 atom stereocenters. The summed E-state index contributed by atoms with van der Waals surface area (Å²) in [6, 6.07) is 18.4. The number of halogens is 1. The normalized spacial score (nSPS) is 11.8. The predicted molar refractivity (Wildman–Crippen MR) is 80.6 cm³/mol. The van der Waals surface area contributed by atoms with Crippen molar-refractivity contribution in [2.45, 2.75) is 19.5 Å². The molecular formula is C16H15BrN2. The topological polar surface area (TPSA) is 35.8 Å². The average Bonchev–Trinajstić information content (AvgIpc) is 2.46. The van der Waals surface area contributed by atoms with Crippen molar-refractivity contribution >= 4 is 15.9 Å². The van der Waals surface area contributed by atoms with E-state index < -0.39 is 0 Å². The summed E-state index contributed by atoms with van der Waals surface area (Å²) < 4.78 is 1.09. The van der Waals surface area contributed by atoms with Gasteiger partial charge in [0, 0.05) is 17.1 Å². The molecule has 0 fully saturated rings. The highest BCUT2D eigenvalue weighted by atomic mass is 79.9. The highest BCUT2D eigenvalue weighted by Crippen LogP contribution is 2.17. The first-order valence-corrected chi connectivity index (χ1v) is 6.96. The maximum Gasteiger partial charge on any atom is 0.0991 e. The van der Waals surface area contributed by atoms with Crippen molar-refractivity contribution in [2.24, 2.45) is 0 Å². The molecule has 2 aromatic carbocycles. The van der Waals surface area contributed by atoms with Crippen LogP contribution in [-0.4, -0.2) is 0 Å². The first-order valence-electron chi connectivity index (χ1n) is 6.17. The van der Waals surface area contributed by atoms with Crippen LogP contribution in [0.3, 0.4) is 0 Å². The van der Waals surface area contributed by atoms with Gasteiger partial charge in [0.15, 0.2) is 0 Å². The Bertz CT molecular complexity index is 567. The van der Waals surface area contributed by atoms with E-state index in [-0.39, 0.29) is 0 Å². The van der Waals surface area contributed by atoms with Crippen molar-refractivity contribution < 1.29 is 0 Å². The van der Waals surface area contributed by atoms with E-state index in [1.165, 1.54) is 11.1 Å². The Balaban J connectivity index is 1.94. The van der Waals surface area contributed by atoms with Crippen molar-refractivity contribution in [2.75, 3.05) is 0 Å². The molecule has 1 N–H and O–H groups in total. The van der Waals surface area contributed by atoms with Crippen LogP contribution >= 0.6 is 15.9 Å². The van der Waals surface area contributed by atoms with Crippen LogP contribution in [0.5, 0.6) is 0 Å². The van der Waals surface area contributed by atoms with Crippen molar-refractivity contribution in [3.63, 3.8) is 0 Å². The monoisotopic (exact) mass is 314 g/mol. The molecule has 0 unspecified atom stereocenters. The van der Waals surface area contributed by atoms with Gasteiger partial charge in [-0.2, -0.15) is 5.26 Å². The molecule has 0 bridgehead atoms. The highest BCUT2D eigenvalue weighted by molar-refractivity contribution is 9.10. The molecule has 2 rings (SSSR count). The number of hydrogen-bond donors (Lipinski definition) is 1. The van der Waals surface area contributed by atoms with Crippen LogP contribution in [0.1, 0.15) is 29.7 Å². The molecule has 0 amide bonds. The second-order valence-electron chi connectivity index (χ2n) is 4.46. The number of nitriles is 1.